The SMILES string of the molecule is CC(C)(C)CCC(O)c1ccccc1. The largest absolute Gasteiger partial charge is 0.388 e. The van der Waals surface area contributed by atoms with Crippen LogP contribution in [0.3, 0.4) is 0 Å². The third-order valence-electron chi connectivity index (χ3n) is 2.35. The van der Waals surface area contributed by atoms with E-state index in [0.717, 1.165) is 18.4 Å². The summed E-state index contributed by atoms with van der Waals surface area (Å²) in [6.07, 6.45) is 1.58. The molecule has 0 amide bonds. The lowest BCUT2D eigenvalue weighted by Gasteiger charge is -2.20. The molecular formula is C13H20O. The zero-order valence-electron chi connectivity index (χ0n) is 9.33. The van der Waals surface area contributed by atoms with E-state index in [0.29, 0.717) is 5.41 Å². The zero-order chi connectivity index (χ0) is 10.6. The van der Waals surface area contributed by atoms with Gasteiger partial charge in [-0.15, -0.1) is 0 Å². The van der Waals surface area contributed by atoms with Crippen LogP contribution >= 0.6 is 0 Å². The van der Waals surface area contributed by atoms with Crippen molar-refractivity contribution in [3.05, 3.63) is 35.9 Å². The van der Waals surface area contributed by atoms with Gasteiger partial charge in [0.2, 0.25) is 0 Å². The van der Waals surface area contributed by atoms with Crippen LogP contribution in [0.15, 0.2) is 30.3 Å². The first kappa shape index (κ1) is 11.3. The third-order valence-corrected chi connectivity index (χ3v) is 2.35. The van der Waals surface area contributed by atoms with Gasteiger partial charge >= 0.3 is 0 Å². The van der Waals surface area contributed by atoms with Crippen molar-refractivity contribution in [2.75, 3.05) is 0 Å². The second-order valence-electron chi connectivity index (χ2n) is 5.03. The van der Waals surface area contributed by atoms with Crippen LogP contribution in [0.5, 0.6) is 0 Å². The molecule has 1 nitrogen and oxygen atoms in total. The van der Waals surface area contributed by atoms with Crippen molar-refractivity contribution >= 4 is 0 Å². The first-order valence-electron chi connectivity index (χ1n) is 5.22. The number of aliphatic hydroxyl groups is 1. The summed E-state index contributed by atoms with van der Waals surface area (Å²) in [5.74, 6) is 0. The molecule has 1 unspecified atom stereocenters. The molecule has 78 valence electrons. The summed E-state index contributed by atoms with van der Waals surface area (Å²) in [7, 11) is 0. The van der Waals surface area contributed by atoms with Gasteiger partial charge in [0.25, 0.3) is 0 Å². The first-order chi connectivity index (χ1) is 6.49. The molecule has 1 heteroatoms. The van der Waals surface area contributed by atoms with E-state index in [4.69, 9.17) is 0 Å². The number of hydrogen-bond acceptors (Lipinski definition) is 1. The van der Waals surface area contributed by atoms with Crippen LogP contribution in [0.4, 0.5) is 0 Å². The molecule has 0 radical (unpaired) electrons. The zero-order valence-corrected chi connectivity index (χ0v) is 9.33. The van der Waals surface area contributed by atoms with Gasteiger partial charge in [0.15, 0.2) is 0 Å². The third kappa shape index (κ3) is 3.93. The molecule has 1 rings (SSSR count). The fourth-order valence-electron chi connectivity index (χ4n) is 1.41. The number of aliphatic hydroxyl groups excluding tert-OH is 1. The normalized spacial score (nSPS) is 14.0. The highest BCUT2D eigenvalue weighted by Gasteiger charge is 2.14. The van der Waals surface area contributed by atoms with Gasteiger partial charge in [-0.2, -0.15) is 0 Å². The highest BCUT2D eigenvalue weighted by atomic mass is 16.3. The Morgan fingerprint density at radius 1 is 1.14 bits per heavy atom. The number of rotatable bonds is 3. The van der Waals surface area contributed by atoms with E-state index in [-0.39, 0.29) is 6.10 Å². The van der Waals surface area contributed by atoms with Crippen molar-refractivity contribution in [1.29, 1.82) is 0 Å². The molecule has 0 heterocycles. The Morgan fingerprint density at radius 2 is 1.71 bits per heavy atom. The molecule has 0 saturated heterocycles. The predicted molar refractivity (Wildman–Crippen MR) is 60.1 cm³/mol. The van der Waals surface area contributed by atoms with Crippen LogP contribution in [0.25, 0.3) is 0 Å². The molecule has 0 aromatic heterocycles. The Hall–Kier alpha value is -0.820. The van der Waals surface area contributed by atoms with Gasteiger partial charge in [0, 0.05) is 0 Å². The van der Waals surface area contributed by atoms with Crippen LogP contribution in [0.1, 0.15) is 45.3 Å². The summed E-state index contributed by atoms with van der Waals surface area (Å²) in [4.78, 5) is 0. The molecule has 1 aromatic carbocycles. The van der Waals surface area contributed by atoms with Crippen LogP contribution in [0, 0.1) is 5.41 Å². The highest BCUT2D eigenvalue weighted by Crippen LogP contribution is 2.26. The van der Waals surface area contributed by atoms with Gasteiger partial charge in [0.05, 0.1) is 6.10 Å². The fraction of sp³-hybridized carbons (Fsp3) is 0.538. The van der Waals surface area contributed by atoms with E-state index in [1.54, 1.807) is 0 Å². The molecule has 0 aliphatic carbocycles. The molecule has 1 atom stereocenters. The minimum Gasteiger partial charge on any atom is -0.388 e. The van der Waals surface area contributed by atoms with E-state index in [1.807, 2.05) is 30.3 Å². The maximum Gasteiger partial charge on any atom is 0.0790 e. The minimum absolute atomic E-state index is 0.301. The maximum atomic E-state index is 9.88. The molecule has 1 aromatic rings. The molecule has 0 bridgehead atoms. The summed E-state index contributed by atoms with van der Waals surface area (Å²) < 4.78 is 0. The topological polar surface area (TPSA) is 20.2 Å². The van der Waals surface area contributed by atoms with Crippen LogP contribution in [-0.4, -0.2) is 5.11 Å². The monoisotopic (exact) mass is 192 g/mol. The summed E-state index contributed by atoms with van der Waals surface area (Å²) in [5.41, 5.74) is 1.33. The Balaban J connectivity index is 2.48. The van der Waals surface area contributed by atoms with E-state index in [2.05, 4.69) is 20.8 Å². The summed E-state index contributed by atoms with van der Waals surface area (Å²) in [6.45, 7) is 6.60. The molecule has 0 spiro atoms. The first-order valence-corrected chi connectivity index (χ1v) is 5.22. The van der Waals surface area contributed by atoms with Gasteiger partial charge in [-0.1, -0.05) is 51.1 Å². The second-order valence-corrected chi connectivity index (χ2v) is 5.03. The molecule has 0 saturated carbocycles. The molecule has 14 heavy (non-hydrogen) atoms. The quantitative estimate of drug-likeness (QED) is 0.776. The Morgan fingerprint density at radius 3 is 2.21 bits per heavy atom. The average Bonchev–Trinajstić information content (AvgIpc) is 2.14. The van der Waals surface area contributed by atoms with Gasteiger partial charge in [-0.25, -0.2) is 0 Å². The Bertz CT molecular complexity index is 258. The van der Waals surface area contributed by atoms with Crippen molar-refractivity contribution in [2.45, 2.75) is 39.7 Å². The van der Waals surface area contributed by atoms with Crippen LogP contribution in [0.2, 0.25) is 0 Å². The molecule has 1 N–H and O–H groups in total. The van der Waals surface area contributed by atoms with Crippen molar-refractivity contribution in [2.24, 2.45) is 5.41 Å². The Labute approximate surface area is 86.8 Å². The van der Waals surface area contributed by atoms with E-state index in [1.165, 1.54) is 0 Å². The van der Waals surface area contributed by atoms with E-state index in [9.17, 15) is 5.11 Å². The Kier molecular flexibility index (Phi) is 3.70. The molecule has 0 fully saturated rings. The van der Waals surface area contributed by atoms with Crippen LogP contribution in [-0.2, 0) is 0 Å². The molecule has 0 aliphatic rings. The maximum absolute atomic E-state index is 9.88. The lowest BCUT2D eigenvalue weighted by molar-refractivity contribution is 0.147. The summed E-state index contributed by atoms with van der Waals surface area (Å²) in [5, 5.41) is 9.88. The number of benzene rings is 1. The smallest absolute Gasteiger partial charge is 0.0790 e. The van der Waals surface area contributed by atoms with Gasteiger partial charge < -0.3 is 5.11 Å². The summed E-state index contributed by atoms with van der Waals surface area (Å²) >= 11 is 0. The van der Waals surface area contributed by atoms with Gasteiger partial charge in [-0.3, -0.25) is 0 Å². The van der Waals surface area contributed by atoms with Crippen molar-refractivity contribution in [3.63, 3.8) is 0 Å². The number of hydrogen-bond donors (Lipinski definition) is 1. The highest BCUT2D eigenvalue weighted by molar-refractivity contribution is 5.17. The van der Waals surface area contributed by atoms with E-state index >= 15 is 0 Å². The minimum atomic E-state index is -0.310. The van der Waals surface area contributed by atoms with Gasteiger partial charge in [-0.05, 0) is 23.8 Å². The van der Waals surface area contributed by atoms with Crippen molar-refractivity contribution < 1.29 is 5.11 Å². The fourth-order valence-corrected chi connectivity index (χ4v) is 1.41. The lowest BCUT2D eigenvalue weighted by atomic mass is 9.88. The van der Waals surface area contributed by atoms with E-state index < -0.39 is 0 Å². The van der Waals surface area contributed by atoms with Crippen molar-refractivity contribution in [3.8, 4) is 0 Å². The van der Waals surface area contributed by atoms with Gasteiger partial charge in [0.1, 0.15) is 0 Å². The van der Waals surface area contributed by atoms with Crippen molar-refractivity contribution in [1.82, 2.24) is 0 Å². The standard InChI is InChI=1S/C13H20O/c1-13(2,3)10-9-12(14)11-7-5-4-6-8-11/h4-8,12,14H,9-10H2,1-3H3. The molecule has 0 aliphatic heterocycles. The van der Waals surface area contributed by atoms with Crippen LogP contribution < -0.4 is 0 Å². The lowest BCUT2D eigenvalue weighted by Crippen LogP contribution is -2.08. The predicted octanol–water partition coefficient (Wildman–Crippen LogP) is 3.55. The molecular weight excluding hydrogens is 172 g/mol. The summed E-state index contributed by atoms with van der Waals surface area (Å²) in [6, 6.07) is 9.87. The second kappa shape index (κ2) is 4.61. The average molecular weight is 192 g/mol.